The molecule has 0 spiro atoms. The summed E-state index contributed by atoms with van der Waals surface area (Å²) >= 11 is 0. The SMILES string of the molecule is COC(c1ccccc1)n1cnnn1. The first-order chi connectivity index (χ1) is 6.92. The summed E-state index contributed by atoms with van der Waals surface area (Å²) < 4.78 is 6.87. The number of hydrogen-bond donors (Lipinski definition) is 0. The second-order valence-electron chi connectivity index (χ2n) is 2.79. The van der Waals surface area contributed by atoms with Crippen LogP contribution in [0.2, 0.25) is 0 Å². The Balaban J connectivity index is 2.31. The van der Waals surface area contributed by atoms with Crippen molar-refractivity contribution in [3.63, 3.8) is 0 Å². The van der Waals surface area contributed by atoms with Gasteiger partial charge in [-0.15, -0.1) is 5.10 Å². The summed E-state index contributed by atoms with van der Waals surface area (Å²) in [5.41, 5.74) is 1.02. The van der Waals surface area contributed by atoms with Gasteiger partial charge in [-0.25, -0.2) is 0 Å². The minimum absolute atomic E-state index is 0.258. The molecule has 1 aromatic heterocycles. The number of ether oxygens (including phenoxy) is 1. The molecule has 1 unspecified atom stereocenters. The van der Waals surface area contributed by atoms with E-state index in [9.17, 15) is 0 Å². The molecule has 0 fully saturated rings. The molecule has 5 nitrogen and oxygen atoms in total. The predicted molar refractivity (Wildman–Crippen MR) is 49.4 cm³/mol. The lowest BCUT2D eigenvalue weighted by molar-refractivity contribution is 0.0664. The van der Waals surface area contributed by atoms with E-state index in [0.717, 1.165) is 5.56 Å². The van der Waals surface area contributed by atoms with Gasteiger partial charge >= 0.3 is 0 Å². The van der Waals surface area contributed by atoms with Crippen molar-refractivity contribution in [2.75, 3.05) is 7.11 Å². The van der Waals surface area contributed by atoms with Gasteiger partial charge in [0.25, 0.3) is 0 Å². The van der Waals surface area contributed by atoms with Crippen molar-refractivity contribution in [3.05, 3.63) is 42.2 Å². The molecule has 5 heteroatoms. The van der Waals surface area contributed by atoms with E-state index < -0.39 is 0 Å². The van der Waals surface area contributed by atoms with Crippen LogP contribution in [0.15, 0.2) is 36.7 Å². The third-order valence-electron chi connectivity index (χ3n) is 1.91. The van der Waals surface area contributed by atoms with Crippen LogP contribution in [-0.2, 0) is 4.74 Å². The van der Waals surface area contributed by atoms with Gasteiger partial charge in [0.2, 0.25) is 0 Å². The largest absolute Gasteiger partial charge is 0.355 e. The molecule has 14 heavy (non-hydrogen) atoms. The molecule has 0 aliphatic rings. The lowest BCUT2D eigenvalue weighted by atomic mass is 10.2. The van der Waals surface area contributed by atoms with Crippen LogP contribution in [0, 0.1) is 0 Å². The van der Waals surface area contributed by atoms with Crippen molar-refractivity contribution in [2.24, 2.45) is 0 Å². The number of methoxy groups -OCH3 is 1. The van der Waals surface area contributed by atoms with Gasteiger partial charge in [0.15, 0.2) is 6.23 Å². The molecule has 0 bridgehead atoms. The predicted octanol–water partition coefficient (Wildman–Crippen LogP) is 0.866. The minimum Gasteiger partial charge on any atom is -0.355 e. The van der Waals surface area contributed by atoms with Crippen LogP contribution in [0.25, 0.3) is 0 Å². The summed E-state index contributed by atoms with van der Waals surface area (Å²) in [7, 11) is 1.62. The first-order valence-corrected chi connectivity index (χ1v) is 4.22. The van der Waals surface area contributed by atoms with Gasteiger partial charge in [0.1, 0.15) is 6.33 Å². The summed E-state index contributed by atoms with van der Waals surface area (Å²) in [5, 5.41) is 10.9. The maximum atomic E-state index is 5.30. The van der Waals surface area contributed by atoms with Gasteiger partial charge in [-0.05, 0) is 10.4 Å². The molecule has 1 aromatic carbocycles. The Morgan fingerprint density at radius 1 is 1.29 bits per heavy atom. The van der Waals surface area contributed by atoms with E-state index in [1.807, 2.05) is 30.3 Å². The van der Waals surface area contributed by atoms with Gasteiger partial charge in [-0.2, -0.15) is 4.68 Å². The van der Waals surface area contributed by atoms with Crippen molar-refractivity contribution >= 4 is 0 Å². The van der Waals surface area contributed by atoms with Crippen LogP contribution in [0.5, 0.6) is 0 Å². The van der Waals surface area contributed by atoms with E-state index >= 15 is 0 Å². The van der Waals surface area contributed by atoms with Gasteiger partial charge in [0.05, 0.1) is 0 Å². The average Bonchev–Trinajstić information content (AvgIpc) is 2.74. The lowest BCUT2D eigenvalue weighted by Gasteiger charge is -2.14. The molecular formula is C9H10N4O. The highest BCUT2D eigenvalue weighted by atomic mass is 16.5. The van der Waals surface area contributed by atoms with Gasteiger partial charge in [-0.1, -0.05) is 30.3 Å². The fourth-order valence-electron chi connectivity index (χ4n) is 1.29. The second-order valence-corrected chi connectivity index (χ2v) is 2.79. The van der Waals surface area contributed by atoms with Crippen LogP contribution >= 0.6 is 0 Å². The molecule has 0 amide bonds. The zero-order valence-corrected chi connectivity index (χ0v) is 7.74. The minimum atomic E-state index is -0.258. The highest BCUT2D eigenvalue weighted by molar-refractivity contribution is 5.17. The van der Waals surface area contributed by atoms with E-state index in [2.05, 4.69) is 15.5 Å². The molecule has 0 saturated carbocycles. The summed E-state index contributed by atoms with van der Waals surface area (Å²) in [6.07, 6.45) is 1.27. The Hall–Kier alpha value is -1.75. The molecule has 0 aliphatic heterocycles. The number of nitrogens with zero attached hydrogens (tertiary/aromatic N) is 4. The Morgan fingerprint density at radius 2 is 2.07 bits per heavy atom. The quantitative estimate of drug-likeness (QED) is 0.720. The third kappa shape index (κ3) is 1.62. The Kier molecular flexibility index (Phi) is 2.51. The average molecular weight is 190 g/mol. The normalized spacial score (nSPS) is 12.6. The molecular weight excluding hydrogens is 180 g/mol. The maximum Gasteiger partial charge on any atom is 0.179 e. The van der Waals surface area contributed by atoms with Crippen molar-refractivity contribution < 1.29 is 4.74 Å². The zero-order valence-electron chi connectivity index (χ0n) is 7.74. The van der Waals surface area contributed by atoms with E-state index in [0.29, 0.717) is 0 Å². The van der Waals surface area contributed by atoms with E-state index in [1.165, 1.54) is 6.33 Å². The number of benzene rings is 1. The van der Waals surface area contributed by atoms with Gasteiger partial charge in [0, 0.05) is 12.7 Å². The van der Waals surface area contributed by atoms with Crippen molar-refractivity contribution in [2.45, 2.75) is 6.23 Å². The zero-order chi connectivity index (χ0) is 9.80. The molecule has 0 radical (unpaired) electrons. The summed E-state index contributed by atoms with van der Waals surface area (Å²) in [6.45, 7) is 0. The summed E-state index contributed by atoms with van der Waals surface area (Å²) in [4.78, 5) is 0. The Bertz CT molecular complexity index is 373. The fourth-order valence-corrected chi connectivity index (χ4v) is 1.29. The van der Waals surface area contributed by atoms with E-state index in [4.69, 9.17) is 4.74 Å². The number of hydrogen-bond acceptors (Lipinski definition) is 4. The molecule has 0 N–H and O–H groups in total. The fraction of sp³-hybridized carbons (Fsp3) is 0.222. The smallest absolute Gasteiger partial charge is 0.179 e. The molecule has 0 aliphatic carbocycles. The molecule has 2 rings (SSSR count). The molecule has 2 aromatic rings. The molecule has 1 heterocycles. The highest BCUT2D eigenvalue weighted by Crippen LogP contribution is 2.16. The van der Waals surface area contributed by atoms with Gasteiger partial charge in [-0.3, -0.25) is 0 Å². The van der Waals surface area contributed by atoms with Crippen LogP contribution in [-0.4, -0.2) is 27.3 Å². The van der Waals surface area contributed by atoms with E-state index in [1.54, 1.807) is 11.8 Å². The molecule has 1 atom stereocenters. The monoisotopic (exact) mass is 190 g/mol. The van der Waals surface area contributed by atoms with Crippen molar-refractivity contribution in [1.29, 1.82) is 0 Å². The van der Waals surface area contributed by atoms with Crippen LogP contribution in [0.4, 0.5) is 0 Å². The van der Waals surface area contributed by atoms with Crippen LogP contribution < -0.4 is 0 Å². The highest BCUT2D eigenvalue weighted by Gasteiger charge is 2.12. The summed E-state index contributed by atoms with van der Waals surface area (Å²) in [5.74, 6) is 0. The number of aromatic nitrogens is 4. The lowest BCUT2D eigenvalue weighted by Crippen LogP contribution is -2.13. The van der Waals surface area contributed by atoms with E-state index in [-0.39, 0.29) is 6.23 Å². The Labute approximate surface area is 81.3 Å². The standard InChI is InChI=1S/C9H10N4O/c1-14-9(13-7-10-11-12-13)8-5-3-2-4-6-8/h2-7,9H,1H3. The van der Waals surface area contributed by atoms with Crippen molar-refractivity contribution in [3.8, 4) is 0 Å². The summed E-state index contributed by atoms with van der Waals surface area (Å²) in [6, 6.07) is 9.79. The maximum absolute atomic E-state index is 5.30. The Morgan fingerprint density at radius 3 is 2.64 bits per heavy atom. The third-order valence-corrected chi connectivity index (χ3v) is 1.91. The van der Waals surface area contributed by atoms with Crippen molar-refractivity contribution in [1.82, 2.24) is 20.2 Å². The second kappa shape index (κ2) is 3.97. The molecule has 72 valence electrons. The van der Waals surface area contributed by atoms with Gasteiger partial charge < -0.3 is 4.74 Å². The number of rotatable bonds is 3. The topological polar surface area (TPSA) is 52.8 Å². The van der Waals surface area contributed by atoms with Crippen LogP contribution in [0.1, 0.15) is 11.8 Å². The number of tetrazole rings is 1. The first kappa shape index (κ1) is 8.83. The van der Waals surface area contributed by atoms with Crippen LogP contribution in [0.3, 0.4) is 0 Å². The molecule has 0 saturated heterocycles. The first-order valence-electron chi connectivity index (χ1n) is 4.22.